The Morgan fingerprint density at radius 2 is 1.82 bits per heavy atom. The molecule has 2 aliphatic rings. The Kier molecular flexibility index (Phi) is 5.32. The average molecular weight is 378 g/mol. The minimum absolute atomic E-state index is 0.426. The predicted molar refractivity (Wildman–Crippen MR) is 116 cm³/mol. The van der Waals surface area contributed by atoms with Crippen LogP contribution in [0.15, 0.2) is 42.6 Å². The van der Waals surface area contributed by atoms with E-state index in [1.165, 1.54) is 36.5 Å². The van der Waals surface area contributed by atoms with Crippen molar-refractivity contribution in [2.24, 2.45) is 5.41 Å². The molecule has 3 nitrogen and oxygen atoms in total. The van der Waals surface area contributed by atoms with Crippen LogP contribution in [-0.4, -0.2) is 40.5 Å². The van der Waals surface area contributed by atoms with E-state index in [2.05, 4.69) is 85.8 Å². The first kappa shape index (κ1) is 19.6. The summed E-state index contributed by atoms with van der Waals surface area (Å²) in [5.41, 5.74) is 6.12. The lowest BCUT2D eigenvalue weighted by molar-refractivity contribution is -0.182. The van der Waals surface area contributed by atoms with Crippen LogP contribution in [-0.2, 0) is 13.0 Å². The molecule has 1 aromatic carbocycles. The second kappa shape index (κ2) is 7.61. The highest BCUT2D eigenvalue weighted by Gasteiger charge is 2.60. The predicted octanol–water partition coefficient (Wildman–Crippen LogP) is 5.03. The number of pyridine rings is 1. The summed E-state index contributed by atoms with van der Waals surface area (Å²) in [6.45, 7) is 16.2. The van der Waals surface area contributed by atoms with Crippen LogP contribution in [0.1, 0.15) is 69.0 Å². The maximum atomic E-state index is 4.45. The Morgan fingerprint density at radius 1 is 1.07 bits per heavy atom. The molecular weight excluding hydrogens is 342 g/mol. The SMILES string of the molecule is CCc1cc(CN2CC3(C2)CN(C(C)C)C3c2ccccc2C(C)C)ccn1. The summed E-state index contributed by atoms with van der Waals surface area (Å²) in [7, 11) is 0. The molecule has 2 saturated heterocycles. The van der Waals surface area contributed by atoms with Crippen molar-refractivity contribution in [2.45, 2.75) is 65.6 Å². The van der Waals surface area contributed by atoms with E-state index in [0.29, 0.717) is 23.4 Å². The Morgan fingerprint density at radius 3 is 2.50 bits per heavy atom. The van der Waals surface area contributed by atoms with Crippen LogP contribution in [0.4, 0.5) is 0 Å². The third-order valence-corrected chi connectivity index (χ3v) is 6.71. The molecule has 0 bridgehead atoms. The number of hydrogen-bond donors (Lipinski definition) is 0. The van der Waals surface area contributed by atoms with E-state index < -0.39 is 0 Å². The molecule has 2 fully saturated rings. The summed E-state index contributed by atoms with van der Waals surface area (Å²) in [5.74, 6) is 0.573. The lowest BCUT2D eigenvalue weighted by atomic mass is 9.62. The molecule has 0 N–H and O–H groups in total. The molecule has 0 radical (unpaired) electrons. The summed E-state index contributed by atoms with van der Waals surface area (Å²) in [5, 5.41) is 0. The number of rotatable bonds is 6. The summed E-state index contributed by atoms with van der Waals surface area (Å²) < 4.78 is 0. The zero-order chi connectivity index (χ0) is 19.9. The van der Waals surface area contributed by atoms with Crippen molar-refractivity contribution in [3.63, 3.8) is 0 Å². The van der Waals surface area contributed by atoms with E-state index >= 15 is 0 Å². The number of likely N-dealkylation sites (tertiary alicyclic amines) is 2. The van der Waals surface area contributed by atoms with E-state index in [1.807, 2.05) is 6.20 Å². The first-order valence-electron chi connectivity index (χ1n) is 10.9. The van der Waals surface area contributed by atoms with Gasteiger partial charge in [-0.1, -0.05) is 45.0 Å². The topological polar surface area (TPSA) is 19.4 Å². The van der Waals surface area contributed by atoms with Gasteiger partial charge in [-0.25, -0.2) is 0 Å². The van der Waals surface area contributed by atoms with Crippen LogP contribution in [0.3, 0.4) is 0 Å². The van der Waals surface area contributed by atoms with Gasteiger partial charge in [0.15, 0.2) is 0 Å². The van der Waals surface area contributed by atoms with Crippen molar-refractivity contribution < 1.29 is 0 Å². The van der Waals surface area contributed by atoms with Gasteiger partial charge in [0.1, 0.15) is 0 Å². The van der Waals surface area contributed by atoms with Crippen molar-refractivity contribution >= 4 is 0 Å². The summed E-state index contributed by atoms with van der Waals surface area (Å²) >= 11 is 0. The molecule has 1 atom stereocenters. The van der Waals surface area contributed by atoms with Gasteiger partial charge in [0.25, 0.3) is 0 Å². The summed E-state index contributed by atoms with van der Waals surface area (Å²) in [6, 6.07) is 14.8. The molecule has 2 aromatic rings. The van der Waals surface area contributed by atoms with Crippen molar-refractivity contribution in [3.05, 3.63) is 65.0 Å². The molecule has 1 unspecified atom stereocenters. The highest BCUT2D eigenvalue weighted by Crippen LogP contribution is 2.56. The lowest BCUT2D eigenvalue weighted by Gasteiger charge is -2.67. The number of aryl methyl sites for hydroxylation is 1. The molecular formula is C25H35N3. The minimum atomic E-state index is 0.426. The largest absolute Gasteiger partial charge is 0.298 e. The first-order chi connectivity index (χ1) is 13.4. The highest BCUT2D eigenvalue weighted by molar-refractivity contribution is 5.37. The third-order valence-electron chi connectivity index (χ3n) is 6.71. The maximum Gasteiger partial charge on any atom is 0.0447 e. The number of nitrogens with zero attached hydrogens (tertiary/aromatic N) is 3. The van der Waals surface area contributed by atoms with Gasteiger partial charge in [-0.15, -0.1) is 0 Å². The smallest absolute Gasteiger partial charge is 0.0447 e. The van der Waals surface area contributed by atoms with E-state index in [4.69, 9.17) is 0 Å². The molecule has 0 saturated carbocycles. The van der Waals surface area contributed by atoms with E-state index in [0.717, 1.165) is 13.0 Å². The quantitative estimate of drug-likeness (QED) is 0.703. The van der Waals surface area contributed by atoms with Gasteiger partial charge in [0.05, 0.1) is 0 Å². The first-order valence-corrected chi connectivity index (χ1v) is 10.9. The van der Waals surface area contributed by atoms with Crippen molar-refractivity contribution in [1.82, 2.24) is 14.8 Å². The fraction of sp³-hybridized carbons (Fsp3) is 0.560. The molecule has 0 amide bonds. The minimum Gasteiger partial charge on any atom is -0.298 e. The Bertz CT molecular complexity index is 820. The van der Waals surface area contributed by atoms with Crippen LogP contribution in [0.5, 0.6) is 0 Å². The van der Waals surface area contributed by atoms with Gasteiger partial charge in [-0.3, -0.25) is 14.8 Å². The van der Waals surface area contributed by atoms with Gasteiger partial charge >= 0.3 is 0 Å². The standard InChI is InChI=1S/C25H35N3/c1-6-21-13-20(11-12-26-21)14-27-15-25(16-27)17-28(19(4)5)24(25)23-10-8-7-9-22(23)18(2)3/h7-13,18-19,24H,6,14-17H2,1-5H3. The second-order valence-electron chi connectivity index (χ2n) is 9.47. The monoisotopic (exact) mass is 377 g/mol. The highest BCUT2D eigenvalue weighted by atomic mass is 15.4. The fourth-order valence-electron chi connectivity index (χ4n) is 5.36. The molecule has 2 aliphatic heterocycles. The van der Waals surface area contributed by atoms with Gasteiger partial charge in [-0.2, -0.15) is 0 Å². The van der Waals surface area contributed by atoms with E-state index in [9.17, 15) is 0 Å². The maximum absolute atomic E-state index is 4.45. The van der Waals surface area contributed by atoms with Crippen LogP contribution in [0.25, 0.3) is 0 Å². The van der Waals surface area contributed by atoms with Gasteiger partial charge in [0.2, 0.25) is 0 Å². The molecule has 1 aromatic heterocycles. The zero-order valence-electron chi connectivity index (χ0n) is 18.2. The Hall–Kier alpha value is -1.71. The normalized spacial score (nSPS) is 21.9. The molecule has 3 heteroatoms. The van der Waals surface area contributed by atoms with Gasteiger partial charge in [-0.05, 0) is 55.0 Å². The van der Waals surface area contributed by atoms with Crippen molar-refractivity contribution in [1.29, 1.82) is 0 Å². The number of aromatic nitrogens is 1. The Labute approximate surface area is 170 Å². The number of hydrogen-bond acceptors (Lipinski definition) is 3. The zero-order valence-corrected chi connectivity index (χ0v) is 18.2. The van der Waals surface area contributed by atoms with Crippen LogP contribution < -0.4 is 0 Å². The van der Waals surface area contributed by atoms with Crippen LogP contribution in [0, 0.1) is 5.41 Å². The second-order valence-corrected chi connectivity index (χ2v) is 9.47. The van der Waals surface area contributed by atoms with Gasteiger partial charge in [0, 0.05) is 55.6 Å². The molecule has 4 rings (SSSR count). The van der Waals surface area contributed by atoms with Gasteiger partial charge < -0.3 is 0 Å². The lowest BCUT2D eigenvalue weighted by Crippen LogP contribution is -2.73. The molecule has 0 aliphatic carbocycles. The van der Waals surface area contributed by atoms with E-state index in [-0.39, 0.29) is 0 Å². The molecule has 150 valence electrons. The number of benzene rings is 1. The summed E-state index contributed by atoms with van der Waals surface area (Å²) in [4.78, 5) is 9.78. The van der Waals surface area contributed by atoms with Crippen molar-refractivity contribution in [3.8, 4) is 0 Å². The summed E-state index contributed by atoms with van der Waals surface area (Å²) in [6.07, 6.45) is 2.98. The molecule has 1 spiro atoms. The molecule has 3 heterocycles. The Balaban J connectivity index is 1.52. The average Bonchev–Trinajstić information content (AvgIpc) is 2.63. The van der Waals surface area contributed by atoms with Crippen molar-refractivity contribution in [2.75, 3.05) is 19.6 Å². The fourth-order valence-corrected chi connectivity index (χ4v) is 5.36. The molecule has 28 heavy (non-hydrogen) atoms. The van der Waals surface area contributed by atoms with Crippen LogP contribution in [0.2, 0.25) is 0 Å². The third kappa shape index (κ3) is 3.40. The van der Waals surface area contributed by atoms with E-state index in [1.54, 1.807) is 5.56 Å². The van der Waals surface area contributed by atoms with Crippen LogP contribution >= 0.6 is 0 Å².